The molecule has 1 rings (SSSR count). The molecule has 0 saturated heterocycles. The molecule has 0 aliphatic heterocycles. The second-order valence-corrected chi connectivity index (χ2v) is 7.35. The molecule has 0 atom stereocenters. The molecule has 0 bridgehead atoms. The monoisotopic (exact) mass is 332 g/mol. The van der Waals surface area contributed by atoms with Crippen molar-refractivity contribution >= 4 is 5.78 Å². The highest BCUT2D eigenvalue weighted by Crippen LogP contribution is 2.32. The second-order valence-electron chi connectivity index (χ2n) is 7.35. The molecule has 136 valence electrons. The van der Waals surface area contributed by atoms with E-state index in [1.807, 2.05) is 32.9 Å². The van der Waals surface area contributed by atoms with Gasteiger partial charge in [-0.05, 0) is 30.4 Å². The number of carbonyl (C=O) groups is 1. The van der Waals surface area contributed by atoms with Crippen LogP contribution < -0.4 is 0 Å². The topological polar surface area (TPSA) is 37.3 Å². The summed E-state index contributed by atoms with van der Waals surface area (Å²) >= 11 is 0. The fraction of sp³-hybridized carbons (Fsp3) is 0.682. The lowest BCUT2D eigenvalue weighted by atomic mass is 9.92. The maximum absolute atomic E-state index is 12.5. The lowest BCUT2D eigenvalue weighted by Crippen LogP contribution is -2.05. The highest BCUT2D eigenvalue weighted by Gasteiger charge is 2.18. The van der Waals surface area contributed by atoms with Crippen molar-refractivity contribution in [2.75, 3.05) is 0 Å². The Labute approximate surface area is 148 Å². The highest BCUT2D eigenvalue weighted by molar-refractivity contribution is 6.00. The fourth-order valence-electron chi connectivity index (χ4n) is 3.25. The van der Waals surface area contributed by atoms with Crippen LogP contribution in [-0.4, -0.2) is 10.9 Å². The summed E-state index contributed by atoms with van der Waals surface area (Å²) in [6.45, 7) is 8.24. The molecule has 0 aliphatic rings. The van der Waals surface area contributed by atoms with E-state index in [9.17, 15) is 9.90 Å². The number of phenolic OH excluding ortho intramolecular Hbond substituents is 1. The summed E-state index contributed by atoms with van der Waals surface area (Å²) in [6, 6.07) is 3.89. The standard InChI is InChI=1S/C22H36O2/c1-5-6-7-8-9-10-11-12-13-14-20(23)21-18(4)15-16-19(17(2)3)22(21)24/h15-17,24H,5-14H2,1-4H3. The predicted octanol–water partition coefficient (Wildman–Crippen LogP) is 6.93. The maximum Gasteiger partial charge on any atom is 0.166 e. The van der Waals surface area contributed by atoms with Gasteiger partial charge < -0.3 is 5.11 Å². The minimum absolute atomic E-state index is 0.0930. The Hall–Kier alpha value is -1.31. The first-order valence-corrected chi connectivity index (χ1v) is 9.84. The third-order valence-corrected chi connectivity index (χ3v) is 4.83. The summed E-state index contributed by atoms with van der Waals surface area (Å²) in [5, 5.41) is 10.4. The van der Waals surface area contributed by atoms with Gasteiger partial charge in [-0.15, -0.1) is 0 Å². The molecule has 1 aromatic rings. The van der Waals surface area contributed by atoms with Crippen molar-refractivity contribution in [1.29, 1.82) is 0 Å². The van der Waals surface area contributed by atoms with Crippen molar-refractivity contribution in [3.05, 3.63) is 28.8 Å². The molecule has 1 N–H and O–H groups in total. The molecule has 2 heteroatoms. The number of carbonyl (C=O) groups excluding carboxylic acids is 1. The Kier molecular flexibility index (Phi) is 9.75. The summed E-state index contributed by atoms with van der Waals surface area (Å²) in [4.78, 5) is 12.5. The number of unbranched alkanes of at least 4 members (excludes halogenated alkanes) is 8. The molecule has 0 unspecified atom stereocenters. The Morgan fingerprint density at radius 3 is 2.04 bits per heavy atom. The van der Waals surface area contributed by atoms with E-state index < -0.39 is 0 Å². The molecular formula is C22H36O2. The number of hydrogen-bond donors (Lipinski definition) is 1. The molecule has 0 aromatic heterocycles. The Morgan fingerprint density at radius 1 is 0.958 bits per heavy atom. The smallest absolute Gasteiger partial charge is 0.166 e. The number of hydrogen-bond acceptors (Lipinski definition) is 2. The second kappa shape index (κ2) is 11.3. The Balaban J connectivity index is 2.37. The maximum atomic E-state index is 12.5. The van der Waals surface area contributed by atoms with Crippen LogP contribution in [0.2, 0.25) is 0 Å². The summed E-state index contributed by atoms with van der Waals surface area (Å²) in [7, 11) is 0. The van der Waals surface area contributed by atoms with Crippen LogP contribution in [0.15, 0.2) is 12.1 Å². The molecule has 2 nitrogen and oxygen atoms in total. The predicted molar refractivity (Wildman–Crippen MR) is 103 cm³/mol. The quantitative estimate of drug-likeness (QED) is 0.333. The van der Waals surface area contributed by atoms with Gasteiger partial charge in [0.25, 0.3) is 0 Å². The number of rotatable bonds is 12. The van der Waals surface area contributed by atoms with E-state index >= 15 is 0 Å². The summed E-state index contributed by atoms with van der Waals surface area (Å²) in [5.41, 5.74) is 2.30. The van der Waals surface area contributed by atoms with E-state index in [0.717, 1.165) is 24.0 Å². The highest BCUT2D eigenvalue weighted by atomic mass is 16.3. The average Bonchev–Trinajstić information content (AvgIpc) is 2.53. The minimum Gasteiger partial charge on any atom is -0.507 e. The molecule has 0 radical (unpaired) electrons. The van der Waals surface area contributed by atoms with Crippen molar-refractivity contribution in [3.63, 3.8) is 0 Å². The third-order valence-electron chi connectivity index (χ3n) is 4.83. The Morgan fingerprint density at radius 2 is 1.50 bits per heavy atom. The Bertz CT molecular complexity index is 503. The van der Waals surface area contributed by atoms with E-state index in [0.29, 0.717) is 12.0 Å². The molecule has 0 fully saturated rings. The van der Waals surface area contributed by atoms with Crippen molar-refractivity contribution in [2.45, 2.75) is 97.8 Å². The lowest BCUT2D eigenvalue weighted by Gasteiger charge is -2.14. The van der Waals surface area contributed by atoms with Crippen molar-refractivity contribution < 1.29 is 9.90 Å². The first kappa shape index (κ1) is 20.7. The fourth-order valence-corrected chi connectivity index (χ4v) is 3.25. The number of aryl methyl sites for hydroxylation is 1. The zero-order chi connectivity index (χ0) is 17.9. The van der Waals surface area contributed by atoms with E-state index in [1.54, 1.807) is 0 Å². The van der Waals surface area contributed by atoms with Crippen LogP contribution in [0.25, 0.3) is 0 Å². The third kappa shape index (κ3) is 6.67. The number of phenols is 1. The number of benzene rings is 1. The van der Waals surface area contributed by atoms with E-state index in [4.69, 9.17) is 0 Å². The molecule has 0 heterocycles. The van der Waals surface area contributed by atoms with Gasteiger partial charge in [0, 0.05) is 6.42 Å². The first-order valence-electron chi connectivity index (χ1n) is 9.84. The van der Waals surface area contributed by atoms with E-state index in [2.05, 4.69) is 6.92 Å². The average molecular weight is 333 g/mol. The van der Waals surface area contributed by atoms with Gasteiger partial charge in [0.1, 0.15) is 5.75 Å². The zero-order valence-corrected chi connectivity index (χ0v) is 16.2. The van der Waals surface area contributed by atoms with Crippen LogP contribution in [0.3, 0.4) is 0 Å². The molecule has 0 spiro atoms. The minimum atomic E-state index is 0.0930. The number of ketones is 1. The van der Waals surface area contributed by atoms with Crippen molar-refractivity contribution in [3.8, 4) is 5.75 Å². The molecular weight excluding hydrogens is 296 g/mol. The van der Waals surface area contributed by atoms with Gasteiger partial charge in [-0.2, -0.15) is 0 Å². The van der Waals surface area contributed by atoms with E-state index in [1.165, 1.54) is 44.9 Å². The number of aromatic hydroxyl groups is 1. The zero-order valence-electron chi connectivity index (χ0n) is 16.2. The molecule has 0 amide bonds. The molecule has 24 heavy (non-hydrogen) atoms. The molecule has 0 saturated carbocycles. The summed E-state index contributed by atoms with van der Waals surface area (Å²) in [5.74, 6) is 0.520. The molecule has 0 aliphatic carbocycles. The van der Waals surface area contributed by atoms with Gasteiger partial charge in [-0.3, -0.25) is 4.79 Å². The van der Waals surface area contributed by atoms with Crippen LogP contribution >= 0.6 is 0 Å². The van der Waals surface area contributed by atoms with Crippen molar-refractivity contribution in [2.24, 2.45) is 0 Å². The van der Waals surface area contributed by atoms with E-state index in [-0.39, 0.29) is 17.5 Å². The number of Topliss-reactive ketones (excluding diaryl/α,β-unsaturated/α-hetero) is 1. The van der Waals surface area contributed by atoms with Gasteiger partial charge in [0.2, 0.25) is 0 Å². The lowest BCUT2D eigenvalue weighted by molar-refractivity contribution is 0.0975. The van der Waals surface area contributed by atoms with Gasteiger partial charge in [-0.1, -0.05) is 84.3 Å². The van der Waals surface area contributed by atoms with Gasteiger partial charge >= 0.3 is 0 Å². The summed E-state index contributed by atoms with van der Waals surface area (Å²) < 4.78 is 0. The SMILES string of the molecule is CCCCCCCCCCCC(=O)c1c(C)ccc(C(C)C)c1O. The molecule has 1 aromatic carbocycles. The summed E-state index contributed by atoms with van der Waals surface area (Å²) in [6.07, 6.45) is 11.8. The van der Waals surface area contributed by atoms with Gasteiger partial charge in [0.05, 0.1) is 5.56 Å². The van der Waals surface area contributed by atoms with Gasteiger partial charge in [-0.25, -0.2) is 0 Å². The normalized spacial score (nSPS) is 11.2. The van der Waals surface area contributed by atoms with Crippen LogP contribution in [0.5, 0.6) is 5.75 Å². The van der Waals surface area contributed by atoms with Crippen molar-refractivity contribution in [1.82, 2.24) is 0 Å². The van der Waals surface area contributed by atoms with Crippen LogP contribution in [0, 0.1) is 6.92 Å². The first-order chi connectivity index (χ1) is 11.5. The largest absolute Gasteiger partial charge is 0.507 e. The van der Waals surface area contributed by atoms with Crippen LogP contribution in [-0.2, 0) is 0 Å². The van der Waals surface area contributed by atoms with Crippen LogP contribution in [0.1, 0.15) is 112 Å². The van der Waals surface area contributed by atoms with Crippen LogP contribution in [0.4, 0.5) is 0 Å². The van der Waals surface area contributed by atoms with Gasteiger partial charge in [0.15, 0.2) is 5.78 Å².